The Balaban J connectivity index is 1.95. The first-order valence-electron chi connectivity index (χ1n) is 7.11. The molecule has 0 unspecified atom stereocenters. The maximum atomic E-state index is 11.9. The van der Waals surface area contributed by atoms with Gasteiger partial charge >= 0.3 is 6.09 Å². The van der Waals surface area contributed by atoms with E-state index in [0.29, 0.717) is 18.9 Å². The summed E-state index contributed by atoms with van der Waals surface area (Å²) >= 11 is 0. The molecule has 0 bridgehead atoms. The van der Waals surface area contributed by atoms with Crippen LogP contribution in [-0.2, 0) is 4.74 Å². The summed E-state index contributed by atoms with van der Waals surface area (Å²) in [6.45, 7) is 8.89. The topological polar surface area (TPSA) is 71.7 Å². The van der Waals surface area contributed by atoms with E-state index >= 15 is 0 Å². The van der Waals surface area contributed by atoms with Crippen LogP contribution in [0.25, 0.3) is 0 Å². The van der Waals surface area contributed by atoms with Gasteiger partial charge in [-0.05, 0) is 39.3 Å². The number of nitrogens with two attached hydrogens (primary N) is 1. The number of hydrogen-bond acceptors (Lipinski definition) is 5. The number of aromatic nitrogens is 1. The predicted molar refractivity (Wildman–Crippen MR) is 83.4 cm³/mol. The molecular formula is C15H24N4O2. The van der Waals surface area contributed by atoms with E-state index < -0.39 is 5.60 Å². The standard InChI is InChI=1S/C15H24N4O2/c1-10-6-7-12(16)17-13(10)18(5)11-8-19(9-11)14(20)21-15(2,3)4/h6-7,11H,8-9H2,1-5H3,(H2,16,17). The van der Waals surface area contributed by atoms with Gasteiger partial charge in [-0.2, -0.15) is 0 Å². The summed E-state index contributed by atoms with van der Waals surface area (Å²) in [4.78, 5) is 20.1. The van der Waals surface area contributed by atoms with Gasteiger partial charge < -0.3 is 20.3 Å². The Bertz CT molecular complexity index is 533. The minimum Gasteiger partial charge on any atom is -0.444 e. The van der Waals surface area contributed by atoms with Crippen LogP contribution in [0.1, 0.15) is 26.3 Å². The first-order chi connectivity index (χ1) is 9.67. The number of carbonyl (C=O) groups excluding carboxylic acids is 1. The van der Waals surface area contributed by atoms with E-state index in [1.54, 1.807) is 11.0 Å². The highest BCUT2D eigenvalue weighted by Gasteiger charge is 2.36. The van der Waals surface area contributed by atoms with Crippen LogP contribution in [0.15, 0.2) is 12.1 Å². The molecule has 6 nitrogen and oxygen atoms in total. The monoisotopic (exact) mass is 292 g/mol. The molecule has 1 amide bonds. The molecule has 2 heterocycles. The molecule has 1 aromatic rings. The van der Waals surface area contributed by atoms with Gasteiger partial charge in [0, 0.05) is 20.1 Å². The summed E-state index contributed by atoms with van der Waals surface area (Å²) < 4.78 is 5.35. The van der Waals surface area contributed by atoms with E-state index in [4.69, 9.17) is 10.5 Å². The number of hydrogen-bond donors (Lipinski definition) is 1. The first-order valence-corrected chi connectivity index (χ1v) is 7.11. The van der Waals surface area contributed by atoms with Crippen LogP contribution in [0.5, 0.6) is 0 Å². The Hall–Kier alpha value is -1.98. The smallest absolute Gasteiger partial charge is 0.410 e. The van der Waals surface area contributed by atoms with Gasteiger partial charge in [-0.1, -0.05) is 6.07 Å². The minimum absolute atomic E-state index is 0.241. The average molecular weight is 292 g/mol. The maximum Gasteiger partial charge on any atom is 0.410 e. The van der Waals surface area contributed by atoms with Crippen LogP contribution < -0.4 is 10.6 Å². The van der Waals surface area contributed by atoms with Gasteiger partial charge in [0.15, 0.2) is 0 Å². The van der Waals surface area contributed by atoms with Crippen LogP contribution in [0.4, 0.5) is 16.4 Å². The molecule has 6 heteroatoms. The number of aryl methyl sites for hydroxylation is 1. The fourth-order valence-electron chi connectivity index (χ4n) is 2.24. The number of anilines is 2. The molecule has 1 aliphatic rings. The fourth-order valence-corrected chi connectivity index (χ4v) is 2.24. The number of ether oxygens (including phenoxy) is 1. The van der Waals surface area contributed by atoms with Crippen molar-refractivity contribution in [3.63, 3.8) is 0 Å². The molecule has 2 rings (SSSR count). The fraction of sp³-hybridized carbons (Fsp3) is 0.600. The molecular weight excluding hydrogens is 268 g/mol. The van der Waals surface area contributed by atoms with E-state index in [0.717, 1.165) is 11.4 Å². The molecule has 1 aromatic heterocycles. The Morgan fingerprint density at radius 2 is 2.05 bits per heavy atom. The molecule has 1 aliphatic heterocycles. The van der Waals surface area contributed by atoms with Crippen molar-refractivity contribution < 1.29 is 9.53 Å². The van der Waals surface area contributed by atoms with Crippen molar-refractivity contribution in [2.45, 2.75) is 39.3 Å². The lowest BCUT2D eigenvalue weighted by Gasteiger charge is -2.44. The van der Waals surface area contributed by atoms with Crippen LogP contribution in [0.3, 0.4) is 0 Å². The summed E-state index contributed by atoms with van der Waals surface area (Å²) in [7, 11) is 1.98. The minimum atomic E-state index is -0.458. The molecule has 0 aromatic carbocycles. The normalized spacial score (nSPS) is 15.6. The van der Waals surface area contributed by atoms with Gasteiger partial charge in [0.1, 0.15) is 17.2 Å². The number of amides is 1. The molecule has 0 spiro atoms. The lowest BCUT2D eigenvalue weighted by Crippen LogP contribution is -2.61. The van der Waals surface area contributed by atoms with E-state index in [2.05, 4.69) is 9.88 Å². The van der Waals surface area contributed by atoms with Gasteiger partial charge in [0.2, 0.25) is 0 Å². The second kappa shape index (κ2) is 5.42. The van der Waals surface area contributed by atoms with Crippen molar-refractivity contribution >= 4 is 17.7 Å². The maximum absolute atomic E-state index is 11.9. The Morgan fingerprint density at radius 1 is 1.43 bits per heavy atom. The number of nitrogens with zero attached hydrogens (tertiary/aromatic N) is 3. The second-order valence-corrected chi connectivity index (χ2v) is 6.53. The Morgan fingerprint density at radius 3 is 2.62 bits per heavy atom. The molecule has 1 saturated heterocycles. The highest BCUT2D eigenvalue weighted by Crippen LogP contribution is 2.24. The van der Waals surface area contributed by atoms with Gasteiger partial charge in [-0.15, -0.1) is 0 Å². The van der Waals surface area contributed by atoms with Gasteiger partial charge in [0.25, 0.3) is 0 Å². The zero-order valence-electron chi connectivity index (χ0n) is 13.4. The number of nitrogen functional groups attached to an aromatic ring is 1. The molecule has 21 heavy (non-hydrogen) atoms. The summed E-state index contributed by atoms with van der Waals surface area (Å²) in [5, 5.41) is 0. The lowest BCUT2D eigenvalue weighted by atomic mass is 10.1. The van der Waals surface area contributed by atoms with E-state index in [1.165, 1.54) is 0 Å². The number of rotatable bonds is 2. The Kier molecular flexibility index (Phi) is 3.98. The zero-order chi connectivity index (χ0) is 15.8. The predicted octanol–water partition coefficient (Wildman–Crippen LogP) is 2.03. The SMILES string of the molecule is Cc1ccc(N)nc1N(C)C1CN(C(=O)OC(C)(C)C)C1. The van der Waals surface area contributed by atoms with E-state index in [9.17, 15) is 4.79 Å². The third-order valence-electron chi connectivity index (χ3n) is 3.49. The lowest BCUT2D eigenvalue weighted by molar-refractivity contribution is 0.00846. The van der Waals surface area contributed by atoms with Gasteiger partial charge in [-0.25, -0.2) is 9.78 Å². The van der Waals surface area contributed by atoms with Crippen molar-refractivity contribution in [1.29, 1.82) is 0 Å². The number of pyridine rings is 1. The number of likely N-dealkylation sites (tertiary alicyclic amines) is 1. The molecule has 0 aliphatic carbocycles. The highest BCUT2D eigenvalue weighted by molar-refractivity contribution is 5.70. The molecule has 116 valence electrons. The second-order valence-electron chi connectivity index (χ2n) is 6.53. The molecule has 0 saturated carbocycles. The largest absolute Gasteiger partial charge is 0.444 e. The van der Waals surface area contributed by atoms with Gasteiger partial charge in [0.05, 0.1) is 6.04 Å². The Labute approximate surface area is 125 Å². The van der Waals surface area contributed by atoms with E-state index in [1.807, 2.05) is 40.8 Å². The van der Waals surface area contributed by atoms with Crippen molar-refractivity contribution in [3.05, 3.63) is 17.7 Å². The van der Waals surface area contributed by atoms with Crippen LogP contribution >= 0.6 is 0 Å². The number of carbonyl (C=O) groups is 1. The quantitative estimate of drug-likeness (QED) is 0.903. The van der Waals surface area contributed by atoms with Crippen molar-refractivity contribution in [2.24, 2.45) is 0 Å². The van der Waals surface area contributed by atoms with Crippen molar-refractivity contribution in [2.75, 3.05) is 30.8 Å². The van der Waals surface area contributed by atoms with Crippen molar-refractivity contribution in [3.8, 4) is 0 Å². The molecule has 0 radical (unpaired) electrons. The average Bonchev–Trinajstić information content (AvgIpc) is 2.27. The summed E-state index contributed by atoms with van der Waals surface area (Å²) in [5.74, 6) is 1.37. The summed E-state index contributed by atoms with van der Waals surface area (Å²) in [6, 6.07) is 3.99. The van der Waals surface area contributed by atoms with Crippen LogP contribution in [-0.4, -0.2) is 47.8 Å². The van der Waals surface area contributed by atoms with Crippen LogP contribution in [0, 0.1) is 6.92 Å². The summed E-state index contributed by atoms with van der Waals surface area (Å²) in [5.41, 5.74) is 6.36. The molecule has 0 atom stereocenters. The zero-order valence-corrected chi connectivity index (χ0v) is 13.4. The highest BCUT2D eigenvalue weighted by atomic mass is 16.6. The summed E-state index contributed by atoms with van der Waals surface area (Å²) in [6.07, 6.45) is -0.260. The van der Waals surface area contributed by atoms with Crippen molar-refractivity contribution in [1.82, 2.24) is 9.88 Å². The van der Waals surface area contributed by atoms with Gasteiger partial charge in [-0.3, -0.25) is 0 Å². The number of likely N-dealkylation sites (N-methyl/N-ethyl adjacent to an activating group) is 1. The third kappa shape index (κ3) is 3.56. The third-order valence-corrected chi connectivity index (χ3v) is 3.49. The molecule has 2 N–H and O–H groups in total. The van der Waals surface area contributed by atoms with E-state index in [-0.39, 0.29) is 12.1 Å². The van der Waals surface area contributed by atoms with Crippen LogP contribution in [0.2, 0.25) is 0 Å². The molecule has 1 fully saturated rings. The first kappa shape index (κ1) is 15.4.